The van der Waals surface area contributed by atoms with E-state index in [1.807, 2.05) is 6.92 Å². The van der Waals surface area contributed by atoms with Crippen molar-refractivity contribution in [2.45, 2.75) is 32.3 Å². The monoisotopic (exact) mass is 248 g/mol. The molecule has 3 rings (SSSR count). The van der Waals surface area contributed by atoms with Crippen LogP contribution < -0.4 is 4.74 Å². The second kappa shape index (κ2) is 4.40. The first-order valence-corrected chi connectivity index (χ1v) is 5.94. The number of hydrogen-bond donors (Lipinski definition) is 0. The van der Waals surface area contributed by atoms with Crippen molar-refractivity contribution in [2.75, 3.05) is 0 Å². The van der Waals surface area contributed by atoms with Crippen molar-refractivity contribution in [1.82, 2.24) is 10.1 Å². The minimum Gasteiger partial charge on any atom is -0.482 e. The summed E-state index contributed by atoms with van der Waals surface area (Å²) >= 11 is 0. The summed E-state index contributed by atoms with van der Waals surface area (Å²) in [7, 11) is 0. The van der Waals surface area contributed by atoms with Crippen LogP contribution in [0.15, 0.2) is 22.7 Å². The molecule has 94 valence electrons. The fourth-order valence-corrected chi connectivity index (χ4v) is 1.69. The highest BCUT2D eigenvalue weighted by Gasteiger charge is 2.29. The van der Waals surface area contributed by atoms with Gasteiger partial charge in [0.05, 0.1) is 0 Å². The molecule has 1 aromatic heterocycles. The minimum absolute atomic E-state index is 0.122. The average molecular weight is 248 g/mol. The molecule has 0 saturated heterocycles. The van der Waals surface area contributed by atoms with Crippen LogP contribution in [0.1, 0.15) is 36.0 Å². The van der Waals surface area contributed by atoms with Gasteiger partial charge in [-0.2, -0.15) is 4.98 Å². The Morgan fingerprint density at radius 2 is 2.28 bits per heavy atom. The van der Waals surface area contributed by atoms with E-state index in [2.05, 4.69) is 10.1 Å². The Morgan fingerprint density at radius 1 is 1.44 bits per heavy atom. The van der Waals surface area contributed by atoms with Crippen LogP contribution in [0, 0.1) is 12.7 Å². The van der Waals surface area contributed by atoms with Crippen LogP contribution in [0.4, 0.5) is 4.39 Å². The van der Waals surface area contributed by atoms with E-state index < -0.39 is 0 Å². The highest BCUT2D eigenvalue weighted by atomic mass is 19.1. The summed E-state index contributed by atoms with van der Waals surface area (Å²) in [6.07, 6.45) is 2.21. The van der Waals surface area contributed by atoms with Crippen LogP contribution in [0.2, 0.25) is 0 Å². The Balaban J connectivity index is 1.67. The molecule has 0 amide bonds. The number of halogens is 1. The van der Waals surface area contributed by atoms with Crippen molar-refractivity contribution in [3.05, 3.63) is 41.3 Å². The lowest BCUT2D eigenvalue weighted by atomic mass is 10.2. The second-order valence-corrected chi connectivity index (χ2v) is 4.55. The molecule has 0 spiro atoms. The van der Waals surface area contributed by atoms with Crippen molar-refractivity contribution in [2.24, 2.45) is 0 Å². The maximum atomic E-state index is 13.4. The number of aromatic nitrogens is 2. The van der Waals surface area contributed by atoms with Crippen molar-refractivity contribution < 1.29 is 13.7 Å². The van der Waals surface area contributed by atoms with Crippen LogP contribution in [-0.4, -0.2) is 10.1 Å². The molecule has 1 saturated carbocycles. The van der Waals surface area contributed by atoms with Crippen LogP contribution in [0.5, 0.6) is 5.75 Å². The van der Waals surface area contributed by atoms with E-state index in [-0.39, 0.29) is 18.2 Å². The number of hydrogen-bond acceptors (Lipinski definition) is 4. The summed E-state index contributed by atoms with van der Waals surface area (Å²) in [5, 5.41) is 3.81. The third-order valence-corrected chi connectivity index (χ3v) is 2.85. The lowest BCUT2D eigenvalue weighted by Crippen LogP contribution is -1.99. The zero-order valence-corrected chi connectivity index (χ0v) is 10.0. The first kappa shape index (κ1) is 11.2. The molecule has 18 heavy (non-hydrogen) atoms. The van der Waals surface area contributed by atoms with Gasteiger partial charge in [0.15, 0.2) is 18.2 Å². The molecule has 1 fully saturated rings. The van der Waals surface area contributed by atoms with Crippen LogP contribution >= 0.6 is 0 Å². The quantitative estimate of drug-likeness (QED) is 0.834. The van der Waals surface area contributed by atoms with Gasteiger partial charge in [-0.05, 0) is 37.5 Å². The summed E-state index contributed by atoms with van der Waals surface area (Å²) in [5.74, 6) is 1.37. The molecule has 1 heterocycles. The van der Waals surface area contributed by atoms with Crippen molar-refractivity contribution in [3.8, 4) is 5.75 Å². The molecule has 1 aliphatic rings. The van der Waals surface area contributed by atoms with Crippen LogP contribution in [-0.2, 0) is 6.61 Å². The SMILES string of the molecule is Cc1ccc(F)c(OCc2noc(C3CC3)n2)c1. The highest BCUT2D eigenvalue weighted by Crippen LogP contribution is 2.38. The van der Waals surface area contributed by atoms with Crippen LogP contribution in [0.25, 0.3) is 0 Å². The molecule has 0 radical (unpaired) electrons. The zero-order chi connectivity index (χ0) is 12.5. The third kappa shape index (κ3) is 2.34. The smallest absolute Gasteiger partial charge is 0.229 e. The van der Waals surface area contributed by atoms with E-state index in [0.29, 0.717) is 17.6 Å². The second-order valence-electron chi connectivity index (χ2n) is 4.55. The van der Waals surface area contributed by atoms with Crippen molar-refractivity contribution in [3.63, 3.8) is 0 Å². The van der Waals surface area contributed by atoms with E-state index in [1.165, 1.54) is 6.07 Å². The first-order chi connectivity index (χ1) is 8.72. The zero-order valence-electron chi connectivity index (χ0n) is 10.0. The van der Waals surface area contributed by atoms with Crippen molar-refractivity contribution in [1.29, 1.82) is 0 Å². The molecule has 0 unspecified atom stereocenters. The molecule has 0 atom stereocenters. The highest BCUT2D eigenvalue weighted by molar-refractivity contribution is 5.29. The average Bonchev–Trinajstić information content (AvgIpc) is 3.10. The van der Waals surface area contributed by atoms with Gasteiger partial charge in [-0.25, -0.2) is 4.39 Å². The lowest BCUT2D eigenvalue weighted by molar-refractivity contribution is 0.272. The Kier molecular flexibility index (Phi) is 2.74. The first-order valence-electron chi connectivity index (χ1n) is 5.94. The van der Waals surface area contributed by atoms with Crippen molar-refractivity contribution >= 4 is 0 Å². The third-order valence-electron chi connectivity index (χ3n) is 2.85. The van der Waals surface area contributed by atoms with Gasteiger partial charge < -0.3 is 9.26 Å². The van der Waals surface area contributed by atoms with E-state index in [1.54, 1.807) is 12.1 Å². The minimum atomic E-state index is -0.383. The number of nitrogens with zero attached hydrogens (tertiary/aromatic N) is 2. The molecule has 1 aromatic carbocycles. The topological polar surface area (TPSA) is 48.2 Å². The van der Waals surface area contributed by atoms with Gasteiger partial charge in [0.1, 0.15) is 0 Å². The summed E-state index contributed by atoms with van der Waals surface area (Å²) in [6.45, 7) is 2.00. The largest absolute Gasteiger partial charge is 0.482 e. The van der Waals surface area contributed by atoms with Gasteiger partial charge in [0.25, 0.3) is 0 Å². The number of ether oxygens (including phenoxy) is 1. The normalized spacial score (nSPS) is 14.8. The molecule has 4 nitrogen and oxygen atoms in total. The molecule has 5 heteroatoms. The molecule has 0 bridgehead atoms. The van der Waals surface area contributed by atoms with Gasteiger partial charge in [0, 0.05) is 5.92 Å². The summed E-state index contributed by atoms with van der Waals surface area (Å²) in [6, 6.07) is 4.73. The Morgan fingerprint density at radius 3 is 3.06 bits per heavy atom. The Hall–Kier alpha value is -1.91. The van der Waals surface area contributed by atoms with Gasteiger partial charge in [-0.15, -0.1) is 0 Å². The van der Waals surface area contributed by atoms with Crippen LogP contribution in [0.3, 0.4) is 0 Å². The van der Waals surface area contributed by atoms with E-state index in [0.717, 1.165) is 18.4 Å². The lowest BCUT2D eigenvalue weighted by Gasteiger charge is -2.05. The summed E-state index contributed by atoms with van der Waals surface area (Å²) in [4.78, 5) is 4.21. The van der Waals surface area contributed by atoms with Gasteiger partial charge >= 0.3 is 0 Å². The summed E-state index contributed by atoms with van der Waals surface area (Å²) in [5.41, 5.74) is 0.943. The van der Waals surface area contributed by atoms with Gasteiger partial charge in [-0.1, -0.05) is 11.2 Å². The van der Waals surface area contributed by atoms with E-state index in [4.69, 9.17) is 9.26 Å². The number of aryl methyl sites for hydroxylation is 1. The Bertz CT molecular complexity index is 564. The Labute approximate surface area is 104 Å². The molecule has 0 N–H and O–H groups in total. The number of benzene rings is 1. The van der Waals surface area contributed by atoms with Gasteiger partial charge in [-0.3, -0.25) is 0 Å². The number of rotatable bonds is 4. The molecule has 0 aliphatic heterocycles. The fourth-order valence-electron chi connectivity index (χ4n) is 1.69. The predicted molar refractivity (Wildman–Crippen MR) is 61.7 cm³/mol. The van der Waals surface area contributed by atoms with E-state index >= 15 is 0 Å². The molecule has 1 aliphatic carbocycles. The van der Waals surface area contributed by atoms with Gasteiger partial charge in [0.2, 0.25) is 11.7 Å². The summed E-state index contributed by atoms with van der Waals surface area (Å²) < 4.78 is 23.9. The molecular weight excluding hydrogens is 235 g/mol. The predicted octanol–water partition coefficient (Wildman–Crippen LogP) is 2.97. The molecule has 2 aromatic rings. The fraction of sp³-hybridized carbons (Fsp3) is 0.385. The maximum absolute atomic E-state index is 13.4. The maximum Gasteiger partial charge on any atom is 0.229 e. The standard InChI is InChI=1S/C13H13FN2O2/c1-8-2-5-10(14)11(6-8)17-7-12-15-13(18-16-12)9-3-4-9/h2,5-6,9H,3-4,7H2,1H3. The molecular formula is C13H13FN2O2. The van der Waals surface area contributed by atoms with E-state index in [9.17, 15) is 4.39 Å².